The Morgan fingerprint density at radius 3 is 2.48 bits per heavy atom. The minimum absolute atomic E-state index is 0.0264. The molecule has 1 heterocycles. The average molecular weight is 329 g/mol. The third-order valence-electron chi connectivity index (χ3n) is 4.33. The Morgan fingerprint density at radius 1 is 1.30 bits per heavy atom. The summed E-state index contributed by atoms with van der Waals surface area (Å²) < 4.78 is 39.3. The molecule has 4 nitrogen and oxygen atoms in total. The number of hydrogen-bond acceptors (Lipinski definition) is 2. The van der Waals surface area contributed by atoms with Crippen LogP contribution in [0.1, 0.15) is 24.5 Å². The van der Waals surface area contributed by atoms with E-state index < -0.39 is 36.4 Å². The largest absolute Gasteiger partial charge is 0.481 e. The van der Waals surface area contributed by atoms with Crippen molar-refractivity contribution in [3.8, 4) is 0 Å². The molecule has 1 aliphatic heterocycles. The van der Waals surface area contributed by atoms with E-state index in [0.717, 1.165) is 16.9 Å². The highest BCUT2D eigenvalue weighted by Gasteiger charge is 2.64. The van der Waals surface area contributed by atoms with Gasteiger partial charge in [-0.15, -0.1) is 0 Å². The number of halogens is 3. The molecule has 7 heteroatoms. The van der Waals surface area contributed by atoms with E-state index in [1.807, 2.05) is 19.1 Å². The van der Waals surface area contributed by atoms with Crippen molar-refractivity contribution in [3.05, 3.63) is 35.4 Å². The molecule has 1 amide bonds. The highest BCUT2D eigenvalue weighted by molar-refractivity contribution is 5.82. The van der Waals surface area contributed by atoms with Gasteiger partial charge in [0.1, 0.15) is 0 Å². The van der Waals surface area contributed by atoms with Crippen molar-refractivity contribution in [2.75, 3.05) is 13.1 Å². The Labute approximate surface area is 131 Å². The van der Waals surface area contributed by atoms with Gasteiger partial charge in [-0.25, -0.2) is 0 Å². The summed E-state index contributed by atoms with van der Waals surface area (Å²) in [6.07, 6.45) is -4.72. The summed E-state index contributed by atoms with van der Waals surface area (Å²) in [4.78, 5) is 24.3. The zero-order chi connectivity index (χ0) is 17.3. The fraction of sp³-hybridized carbons (Fsp3) is 0.500. The van der Waals surface area contributed by atoms with Crippen molar-refractivity contribution in [2.24, 2.45) is 5.41 Å². The topological polar surface area (TPSA) is 57.6 Å². The van der Waals surface area contributed by atoms with Crippen LogP contribution in [0.4, 0.5) is 13.2 Å². The SMILES string of the molecule is CCc1cccc(CC(=O)N2CCC(C(=O)O)(C(F)(F)F)C2)c1. The van der Waals surface area contributed by atoms with Crippen LogP contribution in [0.5, 0.6) is 0 Å². The van der Waals surface area contributed by atoms with Gasteiger partial charge in [0, 0.05) is 13.1 Å². The van der Waals surface area contributed by atoms with Gasteiger partial charge in [-0.2, -0.15) is 13.2 Å². The van der Waals surface area contributed by atoms with Gasteiger partial charge in [0.2, 0.25) is 5.91 Å². The van der Waals surface area contributed by atoms with E-state index in [1.54, 1.807) is 12.1 Å². The summed E-state index contributed by atoms with van der Waals surface area (Å²) in [5, 5.41) is 9.00. The lowest BCUT2D eigenvalue weighted by molar-refractivity contribution is -0.227. The number of aryl methyl sites for hydroxylation is 1. The molecule has 1 atom stereocenters. The van der Waals surface area contributed by atoms with Crippen LogP contribution < -0.4 is 0 Å². The number of rotatable bonds is 4. The number of amides is 1. The van der Waals surface area contributed by atoms with Gasteiger partial charge in [-0.1, -0.05) is 31.2 Å². The summed E-state index contributed by atoms with van der Waals surface area (Å²) in [6.45, 7) is 0.947. The molecule has 0 aliphatic carbocycles. The first-order valence-corrected chi connectivity index (χ1v) is 7.35. The Morgan fingerprint density at radius 2 is 1.96 bits per heavy atom. The highest BCUT2D eigenvalue weighted by Crippen LogP contribution is 2.45. The van der Waals surface area contributed by atoms with Crippen molar-refractivity contribution < 1.29 is 27.9 Å². The van der Waals surface area contributed by atoms with Crippen LogP contribution >= 0.6 is 0 Å². The number of alkyl halides is 3. The summed E-state index contributed by atoms with van der Waals surface area (Å²) in [5.41, 5.74) is -1.10. The van der Waals surface area contributed by atoms with Crippen molar-refractivity contribution in [1.82, 2.24) is 4.90 Å². The molecular formula is C16H18F3NO3. The molecule has 1 aliphatic rings. The number of aliphatic carboxylic acids is 1. The fourth-order valence-electron chi connectivity index (χ4n) is 2.80. The molecule has 1 aromatic rings. The van der Waals surface area contributed by atoms with Crippen LogP contribution in [-0.2, 0) is 22.4 Å². The summed E-state index contributed by atoms with van der Waals surface area (Å²) in [6, 6.07) is 7.27. The van der Waals surface area contributed by atoms with Gasteiger partial charge >= 0.3 is 12.1 Å². The Balaban J connectivity index is 2.11. The summed E-state index contributed by atoms with van der Waals surface area (Å²) >= 11 is 0. The predicted octanol–water partition coefficient (Wildman–Crippen LogP) is 2.66. The van der Waals surface area contributed by atoms with Gasteiger partial charge in [0.15, 0.2) is 5.41 Å². The molecule has 1 fully saturated rings. The average Bonchev–Trinajstić information content (AvgIpc) is 2.94. The van der Waals surface area contributed by atoms with Crippen LogP contribution in [0.2, 0.25) is 0 Å². The van der Waals surface area contributed by atoms with Crippen LogP contribution in [0.3, 0.4) is 0 Å². The second-order valence-electron chi connectivity index (χ2n) is 5.80. The summed E-state index contributed by atoms with van der Waals surface area (Å²) in [7, 11) is 0. The first kappa shape index (κ1) is 17.3. The molecule has 1 N–H and O–H groups in total. The van der Waals surface area contributed by atoms with Crippen LogP contribution in [-0.4, -0.2) is 41.1 Å². The van der Waals surface area contributed by atoms with Crippen molar-refractivity contribution >= 4 is 11.9 Å². The van der Waals surface area contributed by atoms with Gasteiger partial charge in [0.25, 0.3) is 0 Å². The van der Waals surface area contributed by atoms with Crippen molar-refractivity contribution in [1.29, 1.82) is 0 Å². The number of carbonyl (C=O) groups excluding carboxylic acids is 1. The molecule has 0 spiro atoms. The first-order chi connectivity index (χ1) is 10.7. The van der Waals surface area contributed by atoms with Crippen molar-refractivity contribution in [2.45, 2.75) is 32.4 Å². The number of carboxylic acids is 1. The molecule has 1 saturated heterocycles. The van der Waals surface area contributed by atoms with E-state index in [4.69, 9.17) is 5.11 Å². The molecular weight excluding hydrogens is 311 g/mol. The molecule has 0 bridgehead atoms. The van der Waals surface area contributed by atoms with E-state index in [9.17, 15) is 22.8 Å². The predicted molar refractivity (Wildman–Crippen MR) is 76.8 cm³/mol. The molecule has 0 saturated carbocycles. The second kappa shape index (κ2) is 6.22. The maximum atomic E-state index is 13.1. The molecule has 1 aromatic carbocycles. The lowest BCUT2D eigenvalue weighted by Crippen LogP contribution is -2.47. The van der Waals surface area contributed by atoms with Gasteiger partial charge in [0.05, 0.1) is 6.42 Å². The third-order valence-corrected chi connectivity index (χ3v) is 4.33. The maximum absolute atomic E-state index is 13.1. The first-order valence-electron chi connectivity index (χ1n) is 7.35. The maximum Gasteiger partial charge on any atom is 0.406 e. The van der Waals surface area contributed by atoms with Gasteiger partial charge < -0.3 is 10.0 Å². The van der Waals surface area contributed by atoms with Crippen LogP contribution in [0, 0.1) is 5.41 Å². The normalized spacial score (nSPS) is 21.5. The number of benzene rings is 1. The summed E-state index contributed by atoms with van der Waals surface area (Å²) in [5.74, 6) is -2.40. The second-order valence-corrected chi connectivity index (χ2v) is 5.80. The Bertz CT molecular complexity index is 615. The number of carbonyl (C=O) groups is 2. The van der Waals surface area contributed by atoms with Gasteiger partial charge in [-0.05, 0) is 24.0 Å². The Hall–Kier alpha value is -2.05. The van der Waals surface area contributed by atoms with E-state index in [0.29, 0.717) is 5.56 Å². The third kappa shape index (κ3) is 3.33. The Kier molecular flexibility index (Phi) is 4.68. The molecule has 23 heavy (non-hydrogen) atoms. The molecule has 1 unspecified atom stereocenters. The number of nitrogens with zero attached hydrogens (tertiary/aromatic N) is 1. The lowest BCUT2D eigenvalue weighted by Gasteiger charge is -2.27. The minimum atomic E-state index is -4.88. The number of hydrogen-bond donors (Lipinski definition) is 1. The zero-order valence-corrected chi connectivity index (χ0v) is 12.7. The standard InChI is InChI=1S/C16H18F3NO3/c1-2-11-4-3-5-12(8-11)9-13(21)20-7-6-15(10-20,14(22)23)16(17,18)19/h3-5,8H,2,6-7,9-10H2,1H3,(H,22,23). The number of carboxylic acid groups (broad SMARTS) is 1. The highest BCUT2D eigenvalue weighted by atomic mass is 19.4. The van der Waals surface area contributed by atoms with Crippen molar-refractivity contribution in [3.63, 3.8) is 0 Å². The van der Waals surface area contributed by atoms with E-state index >= 15 is 0 Å². The quantitative estimate of drug-likeness (QED) is 0.924. The minimum Gasteiger partial charge on any atom is -0.481 e. The fourth-order valence-corrected chi connectivity index (χ4v) is 2.80. The zero-order valence-electron chi connectivity index (χ0n) is 12.7. The molecule has 126 valence electrons. The number of likely N-dealkylation sites (tertiary alicyclic amines) is 1. The molecule has 0 radical (unpaired) electrons. The van der Waals surface area contributed by atoms with E-state index in [2.05, 4.69) is 0 Å². The monoisotopic (exact) mass is 329 g/mol. The van der Waals surface area contributed by atoms with Crippen LogP contribution in [0.25, 0.3) is 0 Å². The van der Waals surface area contributed by atoms with Crippen LogP contribution in [0.15, 0.2) is 24.3 Å². The molecule has 2 rings (SSSR count). The van der Waals surface area contributed by atoms with Gasteiger partial charge in [-0.3, -0.25) is 9.59 Å². The van der Waals surface area contributed by atoms with E-state index in [-0.39, 0.29) is 13.0 Å². The lowest BCUT2D eigenvalue weighted by atomic mass is 9.86. The molecule has 0 aromatic heterocycles. The smallest absolute Gasteiger partial charge is 0.406 e. The van der Waals surface area contributed by atoms with E-state index in [1.165, 1.54) is 0 Å².